The third kappa shape index (κ3) is 6.77. The van der Waals surface area contributed by atoms with Crippen LogP contribution >= 0.6 is 12.4 Å². The maximum absolute atomic E-state index is 11.9. The van der Waals surface area contributed by atoms with E-state index in [1.807, 2.05) is 18.2 Å². The van der Waals surface area contributed by atoms with Crippen molar-refractivity contribution in [2.75, 3.05) is 39.3 Å². The molecule has 1 aromatic rings. The lowest BCUT2D eigenvalue weighted by molar-refractivity contribution is -0.121. The number of carbonyl (C=O) groups is 1. The van der Waals surface area contributed by atoms with E-state index >= 15 is 0 Å². The quantitative estimate of drug-likeness (QED) is 0.754. The smallest absolute Gasteiger partial charge is 0.220 e. The summed E-state index contributed by atoms with van der Waals surface area (Å²) in [6.45, 7) is 8.38. The van der Waals surface area contributed by atoms with Crippen LogP contribution in [-0.4, -0.2) is 50.1 Å². The summed E-state index contributed by atoms with van der Waals surface area (Å²) < 4.78 is 0. The molecule has 1 saturated heterocycles. The minimum atomic E-state index is 0. The second-order valence-corrected chi connectivity index (χ2v) is 5.81. The van der Waals surface area contributed by atoms with Crippen molar-refractivity contribution in [2.24, 2.45) is 0 Å². The summed E-state index contributed by atoms with van der Waals surface area (Å²) >= 11 is 0. The van der Waals surface area contributed by atoms with Crippen LogP contribution in [0.25, 0.3) is 0 Å². The van der Waals surface area contributed by atoms with Gasteiger partial charge in [0.15, 0.2) is 0 Å². The van der Waals surface area contributed by atoms with E-state index in [0.29, 0.717) is 6.42 Å². The summed E-state index contributed by atoms with van der Waals surface area (Å²) in [5.41, 5.74) is 1.23. The van der Waals surface area contributed by atoms with Gasteiger partial charge < -0.3 is 15.5 Å². The Morgan fingerprint density at radius 1 is 1.27 bits per heavy atom. The fraction of sp³-hybridized carbons (Fsp3) is 0.588. The monoisotopic (exact) mass is 325 g/mol. The molecule has 1 fully saturated rings. The van der Waals surface area contributed by atoms with Crippen LogP contribution in [0.15, 0.2) is 30.3 Å². The first-order chi connectivity index (χ1) is 10.3. The number of hydrogen-bond donors (Lipinski definition) is 2. The molecule has 1 heterocycles. The van der Waals surface area contributed by atoms with Gasteiger partial charge in [-0.2, -0.15) is 0 Å². The Morgan fingerprint density at radius 2 is 1.95 bits per heavy atom. The fourth-order valence-electron chi connectivity index (χ4n) is 2.71. The number of nitrogens with one attached hydrogen (secondary N) is 2. The maximum atomic E-state index is 11.9. The van der Waals surface area contributed by atoms with Gasteiger partial charge in [0.05, 0.1) is 0 Å². The first-order valence-corrected chi connectivity index (χ1v) is 8.00. The number of nitrogens with zero attached hydrogens (tertiary/aromatic N) is 1. The Labute approximate surface area is 140 Å². The SMILES string of the molecule is CC(CC(=O)NCCCN1CCNCC1)c1ccccc1.Cl. The van der Waals surface area contributed by atoms with E-state index in [4.69, 9.17) is 0 Å². The fourth-order valence-corrected chi connectivity index (χ4v) is 2.71. The van der Waals surface area contributed by atoms with E-state index in [9.17, 15) is 4.79 Å². The molecule has 0 spiro atoms. The average Bonchev–Trinajstić information content (AvgIpc) is 2.53. The van der Waals surface area contributed by atoms with Gasteiger partial charge >= 0.3 is 0 Å². The molecular weight excluding hydrogens is 298 g/mol. The Hall–Kier alpha value is -1.10. The van der Waals surface area contributed by atoms with Gasteiger partial charge in [0.25, 0.3) is 0 Å². The molecule has 5 heteroatoms. The standard InChI is InChI=1S/C17H27N3O.ClH/c1-15(16-6-3-2-4-7-16)14-17(21)19-8-5-11-20-12-9-18-10-13-20;/h2-4,6-7,15,18H,5,8-14H2,1H3,(H,19,21);1H. The average molecular weight is 326 g/mol. The van der Waals surface area contributed by atoms with Crippen LogP contribution in [0.1, 0.15) is 31.2 Å². The van der Waals surface area contributed by atoms with Gasteiger partial charge in [-0.1, -0.05) is 37.3 Å². The van der Waals surface area contributed by atoms with Crippen LogP contribution in [0.5, 0.6) is 0 Å². The second-order valence-electron chi connectivity index (χ2n) is 5.81. The van der Waals surface area contributed by atoms with Crippen molar-refractivity contribution in [2.45, 2.75) is 25.7 Å². The molecule has 0 bridgehead atoms. The number of amides is 1. The van der Waals surface area contributed by atoms with E-state index in [0.717, 1.165) is 45.7 Å². The summed E-state index contributed by atoms with van der Waals surface area (Å²) in [7, 11) is 0. The van der Waals surface area contributed by atoms with Gasteiger partial charge in [0.2, 0.25) is 5.91 Å². The highest BCUT2D eigenvalue weighted by atomic mass is 35.5. The molecule has 1 aliphatic rings. The third-order valence-electron chi connectivity index (χ3n) is 4.04. The minimum absolute atomic E-state index is 0. The molecular formula is C17H28ClN3O. The van der Waals surface area contributed by atoms with Crippen molar-refractivity contribution in [3.8, 4) is 0 Å². The van der Waals surface area contributed by atoms with Gasteiger partial charge in [-0.05, 0) is 24.4 Å². The molecule has 124 valence electrons. The predicted molar refractivity (Wildman–Crippen MR) is 93.7 cm³/mol. The zero-order valence-electron chi connectivity index (χ0n) is 13.4. The van der Waals surface area contributed by atoms with Crippen molar-refractivity contribution >= 4 is 18.3 Å². The zero-order chi connectivity index (χ0) is 14.9. The Morgan fingerprint density at radius 3 is 2.64 bits per heavy atom. The molecule has 0 radical (unpaired) electrons. The van der Waals surface area contributed by atoms with Crippen molar-refractivity contribution in [3.05, 3.63) is 35.9 Å². The van der Waals surface area contributed by atoms with Crippen LogP contribution in [-0.2, 0) is 4.79 Å². The van der Waals surface area contributed by atoms with Crippen LogP contribution in [0.2, 0.25) is 0 Å². The second kappa shape index (κ2) is 10.6. The molecule has 2 N–H and O–H groups in total. The summed E-state index contributed by atoms with van der Waals surface area (Å²) in [6, 6.07) is 10.2. The molecule has 1 amide bonds. The molecule has 22 heavy (non-hydrogen) atoms. The van der Waals surface area contributed by atoms with E-state index in [2.05, 4.69) is 34.6 Å². The third-order valence-corrected chi connectivity index (χ3v) is 4.04. The maximum Gasteiger partial charge on any atom is 0.220 e. The lowest BCUT2D eigenvalue weighted by Crippen LogP contribution is -2.44. The molecule has 0 aliphatic carbocycles. The number of hydrogen-bond acceptors (Lipinski definition) is 3. The van der Waals surface area contributed by atoms with Gasteiger partial charge in [-0.3, -0.25) is 4.79 Å². The van der Waals surface area contributed by atoms with Crippen molar-refractivity contribution < 1.29 is 4.79 Å². The van der Waals surface area contributed by atoms with Gasteiger partial charge in [-0.15, -0.1) is 12.4 Å². The van der Waals surface area contributed by atoms with E-state index < -0.39 is 0 Å². The summed E-state index contributed by atoms with van der Waals surface area (Å²) in [5.74, 6) is 0.436. The number of piperazine rings is 1. The number of halogens is 1. The van der Waals surface area contributed by atoms with Crippen molar-refractivity contribution in [3.63, 3.8) is 0 Å². The highest BCUT2D eigenvalue weighted by molar-refractivity contribution is 5.85. The van der Waals surface area contributed by atoms with E-state index in [1.54, 1.807) is 0 Å². The molecule has 0 saturated carbocycles. The first kappa shape index (κ1) is 18.9. The van der Waals surface area contributed by atoms with Gasteiger partial charge in [-0.25, -0.2) is 0 Å². The zero-order valence-corrected chi connectivity index (χ0v) is 14.2. The summed E-state index contributed by atoms with van der Waals surface area (Å²) in [4.78, 5) is 14.4. The molecule has 1 aromatic carbocycles. The molecule has 0 aromatic heterocycles. The van der Waals surface area contributed by atoms with Crippen molar-refractivity contribution in [1.29, 1.82) is 0 Å². The van der Waals surface area contributed by atoms with Gasteiger partial charge in [0.1, 0.15) is 0 Å². The predicted octanol–water partition coefficient (Wildman–Crippen LogP) is 2.01. The van der Waals surface area contributed by atoms with Crippen LogP contribution in [0.4, 0.5) is 0 Å². The normalized spacial score (nSPS) is 16.6. The van der Waals surface area contributed by atoms with Crippen molar-refractivity contribution in [1.82, 2.24) is 15.5 Å². The Kier molecular flexibility index (Phi) is 9.13. The molecule has 4 nitrogen and oxygen atoms in total. The molecule has 1 aliphatic heterocycles. The number of rotatable bonds is 7. The topological polar surface area (TPSA) is 44.4 Å². The Balaban J connectivity index is 0.00000242. The number of benzene rings is 1. The van der Waals surface area contributed by atoms with Crippen LogP contribution in [0, 0.1) is 0 Å². The van der Waals surface area contributed by atoms with Crippen LogP contribution < -0.4 is 10.6 Å². The minimum Gasteiger partial charge on any atom is -0.356 e. The molecule has 1 unspecified atom stereocenters. The summed E-state index contributed by atoms with van der Waals surface area (Å²) in [5, 5.41) is 6.39. The van der Waals surface area contributed by atoms with Gasteiger partial charge in [0, 0.05) is 39.1 Å². The largest absolute Gasteiger partial charge is 0.356 e. The number of carbonyl (C=O) groups excluding carboxylic acids is 1. The molecule has 2 rings (SSSR count). The van der Waals surface area contributed by atoms with E-state index in [1.165, 1.54) is 5.56 Å². The first-order valence-electron chi connectivity index (χ1n) is 8.00. The molecule has 1 atom stereocenters. The highest BCUT2D eigenvalue weighted by Gasteiger charge is 2.11. The lowest BCUT2D eigenvalue weighted by atomic mass is 9.97. The van der Waals surface area contributed by atoms with Crippen LogP contribution in [0.3, 0.4) is 0 Å². The summed E-state index contributed by atoms with van der Waals surface area (Å²) in [6.07, 6.45) is 1.60. The van der Waals surface area contributed by atoms with E-state index in [-0.39, 0.29) is 24.2 Å². The lowest BCUT2D eigenvalue weighted by Gasteiger charge is -2.27. The Bertz CT molecular complexity index is 421. The highest BCUT2D eigenvalue weighted by Crippen LogP contribution is 2.17.